The van der Waals surface area contributed by atoms with E-state index in [9.17, 15) is 4.79 Å². The molecule has 0 spiro atoms. The summed E-state index contributed by atoms with van der Waals surface area (Å²) in [5, 5.41) is 5.27. The van der Waals surface area contributed by atoms with Gasteiger partial charge >= 0.3 is 0 Å². The van der Waals surface area contributed by atoms with E-state index in [2.05, 4.69) is 26.2 Å². The molecule has 108 valence electrons. The molecule has 1 aliphatic heterocycles. The van der Waals surface area contributed by atoms with Gasteiger partial charge in [0.1, 0.15) is 0 Å². The van der Waals surface area contributed by atoms with Gasteiger partial charge in [0.2, 0.25) is 5.91 Å². The van der Waals surface area contributed by atoms with Crippen molar-refractivity contribution in [1.82, 2.24) is 19.6 Å². The summed E-state index contributed by atoms with van der Waals surface area (Å²) >= 11 is 1.65. The summed E-state index contributed by atoms with van der Waals surface area (Å²) in [6.45, 7) is 5.68. The predicted molar refractivity (Wildman–Crippen MR) is 80.3 cm³/mol. The zero-order chi connectivity index (χ0) is 14.1. The summed E-state index contributed by atoms with van der Waals surface area (Å²) in [6, 6.07) is 0. The monoisotopic (exact) mass is 293 g/mol. The van der Waals surface area contributed by atoms with Crippen molar-refractivity contribution in [3.63, 3.8) is 0 Å². The molecule has 3 heterocycles. The number of amides is 1. The second-order valence-electron chi connectivity index (χ2n) is 4.96. The summed E-state index contributed by atoms with van der Waals surface area (Å²) in [6.07, 6.45) is 2.06. The van der Waals surface area contributed by atoms with Crippen molar-refractivity contribution in [2.24, 2.45) is 0 Å². The topological polar surface area (TPSA) is 52.9 Å². The average Bonchev–Trinajstić information content (AvgIpc) is 3.02. The van der Waals surface area contributed by atoms with Crippen LogP contribution >= 0.6 is 11.3 Å². The normalized spacial score (nSPS) is 16.1. The number of carbonyl (C=O) groups excluding carboxylic acids is 1. The number of thiazole rings is 1. The highest BCUT2D eigenvalue weighted by atomic mass is 32.1. The zero-order valence-corrected chi connectivity index (χ0v) is 12.6. The molecule has 2 aromatic rings. The smallest absolute Gasteiger partial charge is 0.219 e. The first-order valence-electron chi connectivity index (χ1n) is 6.80. The Hall–Kier alpha value is -1.60. The number of imidazole rings is 1. The molecule has 1 fully saturated rings. The summed E-state index contributed by atoms with van der Waals surface area (Å²) in [5.41, 5.74) is 1.19. The third-order valence-corrected chi connectivity index (χ3v) is 4.47. The van der Waals surface area contributed by atoms with Crippen LogP contribution in [0.15, 0.2) is 11.6 Å². The number of rotatable bonds is 3. The molecule has 1 saturated heterocycles. The van der Waals surface area contributed by atoms with Gasteiger partial charge in [-0.25, -0.2) is 4.98 Å². The molecule has 6 nitrogen and oxygen atoms in total. The highest BCUT2D eigenvalue weighted by Crippen LogP contribution is 2.25. The fraction of sp³-hybridized carbons (Fsp3) is 0.538. The van der Waals surface area contributed by atoms with Crippen LogP contribution in [0.5, 0.6) is 0 Å². The summed E-state index contributed by atoms with van der Waals surface area (Å²) < 4.78 is 2.15. The van der Waals surface area contributed by atoms with Crippen molar-refractivity contribution >= 4 is 28.0 Å². The number of anilines is 1. The van der Waals surface area contributed by atoms with Crippen molar-refractivity contribution in [3.05, 3.63) is 17.3 Å². The molecule has 0 bridgehead atoms. The van der Waals surface area contributed by atoms with Gasteiger partial charge in [-0.05, 0) is 7.05 Å². The Morgan fingerprint density at radius 1 is 1.40 bits per heavy atom. The van der Waals surface area contributed by atoms with E-state index in [1.807, 2.05) is 11.9 Å². The number of nitrogens with zero attached hydrogens (tertiary/aromatic N) is 4. The van der Waals surface area contributed by atoms with Crippen LogP contribution in [0, 0.1) is 0 Å². The summed E-state index contributed by atoms with van der Waals surface area (Å²) in [4.78, 5) is 21.3. The van der Waals surface area contributed by atoms with E-state index in [0.29, 0.717) is 0 Å². The molecule has 0 aromatic carbocycles. The maximum atomic E-state index is 11.4. The first-order chi connectivity index (χ1) is 9.70. The number of nitrogens with one attached hydrogen (secondary N) is 1. The highest BCUT2D eigenvalue weighted by molar-refractivity contribution is 7.15. The van der Waals surface area contributed by atoms with E-state index in [0.717, 1.165) is 43.5 Å². The lowest BCUT2D eigenvalue weighted by atomic mass is 10.3. The molecule has 1 aliphatic rings. The third kappa shape index (κ3) is 2.27. The van der Waals surface area contributed by atoms with E-state index in [-0.39, 0.29) is 5.91 Å². The van der Waals surface area contributed by atoms with E-state index in [1.54, 1.807) is 18.3 Å². The molecule has 7 heteroatoms. The van der Waals surface area contributed by atoms with Crippen LogP contribution in [0.2, 0.25) is 0 Å². The number of hydrogen-bond acceptors (Lipinski definition) is 5. The van der Waals surface area contributed by atoms with E-state index >= 15 is 0 Å². The maximum Gasteiger partial charge on any atom is 0.219 e. The Labute approximate surface area is 122 Å². The highest BCUT2D eigenvalue weighted by Gasteiger charge is 2.23. The number of aromatic nitrogens is 2. The van der Waals surface area contributed by atoms with Gasteiger partial charge in [-0.2, -0.15) is 0 Å². The molecule has 20 heavy (non-hydrogen) atoms. The second-order valence-corrected chi connectivity index (χ2v) is 5.83. The molecule has 3 rings (SSSR count). The van der Waals surface area contributed by atoms with Crippen LogP contribution in [0.3, 0.4) is 0 Å². The molecule has 2 aromatic heterocycles. The van der Waals surface area contributed by atoms with Crippen LogP contribution in [-0.2, 0) is 11.3 Å². The molecular formula is C13H19N5OS. The van der Waals surface area contributed by atoms with Gasteiger partial charge in [0.15, 0.2) is 10.8 Å². The Kier molecular flexibility index (Phi) is 3.62. The lowest BCUT2D eigenvalue weighted by Gasteiger charge is -2.34. The van der Waals surface area contributed by atoms with Crippen LogP contribution in [0.4, 0.5) is 5.82 Å². The van der Waals surface area contributed by atoms with Gasteiger partial charge < -0.3 is 15.1 Å². The minimum absolute atomic E-state index is 0.158. The molecule has 0 saturated carbocycles. The standard InChI is InChI=1S/C13H19N5OS/c1-10(19)16-3-5-17(6-4-16)12-11(9-14-2)18-7-8-20-13(18)15-12/h7-8,14H,3-6,9H2,1-2H3. The molecule has 0 unspecified atom stereocenters. The van der Waals surface area contributed by atoms with E-state index in [1.165, 1.54) is 5.69 Å². The van der Waals surface area contributed by atoms with E-state index in [4.69, 9.17) is 4.98 Å². The van der Waals surface area contributed by atoms with Crippen LogP contribution in [0.25, 0.3) is 4.96 Å². The van der Waals surface area contributed by atoms with Gasteiger partial charge in [-0.1, -0.05) is 0 Å². The fourth-order valence-electron chi connectivity index (χ4n) is 2.64. The zero-order valence-electron chi connectivity index (χ0n) is 11.8. The maximum absolute atomic E-state index is 11.4. The first-order valence-corrected chi connectivity index (χ1v) is 7.68. The summed E-state index contributed by atoms with van der Waals surface area (Å²) in [7, 11) is 1.95. The molecule has 0 atom stereocenters. The second kappa shape index (κ2) is 5.41. The van der Waals surface area contributed by atoms with Crippen molar-refractivity contribution in [3.8, 4) is 0 Å². The average molecular weight is 293 g/mol. The largest absolute Gasteiger partial charge is 0.351 e. The fourth-order valence-corrected chi connectivity index (χ4v) is 3.37. The van der Waals surface area contributed by atoms with Gasteiger partial charge in [0.05, 0.1) is 5.69 Å². The number of carbonyl (C=O) groups is 1. The lowest BCUT2D eigenvalue weighted by molar-refractivity contribution is -0.129. The summed E-state index contributed by atoms with van der Waals surface area (Å²) in [5.74, 6) is 1.21. The molecule has 0 aliphatic carbocycles. The quantitative estimate of drug-likeness (QED) is 0.909. The van der Waals surface area contributed by atoms with Gasteiger partial charge in [-0.3, -0.25) is 9.20 Å². The Balaban J connectivity index is 1.85. The van der Waals surface area contributed by atoms with Crippen molar-refractivity contribution in [1.29, 1.82) is 0 Å². The first kappa shape index (κ1) is 13.4. The number of fused-ring (bicyclic) bond motifs is 1. The third-order valence-electron chi connectivity index (χ3n) is 3.71. The van der Waals surface area contributed by atoms with Gasteiger partial charge in [0, 0.05) is 51.2 Å². The number of piperazine rings is 1. The van der Waals surface area contributed by atoms with Crippen LogP contribution in [-0.4, -0.2) is 53.4 Å². The molecule has 0 radical (unpaired) electrons. The van der Waals surface area contributed by atoms with Crippen molar-refractivity contribution in [2.75, 3.05) is 38.1 Å². The predicted octanol–water partition coefficient (Wildman–Crippen LogP) is 0.784. The minimum Gasteiger partial charge on any atom is -0.351 e. The van der Waals surface area contributed by atoms with Crippen molar-refractivity contribution in [2.45, 2.75) is 13.5 Å². The Morgan fingerprint density at radius 3 is 2.80 bits per heavy atom. The van der Waals surface area contributed by atoms with Crippen LogP contribution < -0.4 is 10.2 Å². The molecule has 1 N–H and O–H groups in total. The number of hydrogen-bond donors (Lipinski definition) is 1. The minimum atomic E-state index is 0.158. The van der Waals surface area contributed by atoms with Gasteiger partial charge in [0.25, 0.3) is 0 Å². The van der Waals surface area contributed by atoms with E-state index < -0.39 is 0 Å². The Morgan fingerprint density at radius 2 is 2.15 bits per heavy atom. The van der Waals surface area contributed by atoms with Gasteiger partial charge in [-0.15, -0.1) is 11.3 Å². The van der Waals surface area contributed by atoms with Crippen molar-refractivity contribution < 1.29 is 4.79 Å². The SMILES string of the molecule is CNCc1c(N2CCN(C(C)=O)CC2)nc2sccn12. The van der Waals surface area contributed by atoms with Crippen LogP contribution in [0.1, 0.15) is 12.6 Å². The molecular weight excluding hydrogens is 274 g/mol. The molecule has 1 amide bonds. The lowest BCUT2D eigenvalue weighted by Crippen LogP contribution is -2.48. The Bertz CT molecular complexity index is 611.